The molecule has 0 radical (unpaired) electrons. The highest BCUT2D eigenvalue weighted by Crippen LogP contribution is 2.37. The largest absolute Gasteiger partial charge is 0.382 e. The molecular weight excluding hydrogens is 502 g/mol. The third kappa shape index (κ3) is 15.2. The van der Waals surface area contributed by atoms with Crippen LogP contribution >= 0.6 is 21.6 Å². The topological polar surface area (TPSA) is 126 Å². The summed E-state index contributed by atoms with van der Waals surface area (Å²) in [5.41, 5.74) is 5.59. The van der Waals surface area contributed by atoms with Crippen LogP contribution in [0.5, 0.6) is 0 Å². The molecule has 10 nitrogen and oxygen atoms in total. The minimum absolute atomic E-state index is 0.00310. The van der Waals surface area contributed by atoms with E-state index in [-0.39, 0.29) is 11.2 Å². The second-order valence-corrected chi connectivity index (χ2v) is 12.5. The Morgan fingerprint density at radius 1 is 1.21 bits per heavy atom. The predicted octanol–water partition coefficient (Wildman–Crippen LogP) is 2.11. The average Bonchev–Trinajstić information content (AvgIpc) is 2.75. The number of carbonyl (C=O) groups excluding carboxylic acids is 1. The molecule has 0 aromatic rings. The van der Waals surface area contributed by atoms with Crippen molar-refractivity contribution >= 4 is 37.6 Å². The fraction of sp³-hybridized carbons (Fsp3) is 0.762. The van der Waals surface area contributed by atoms with Crippen molar-refractivity contribution in [2.75, 3.05) is 66.0 Å². The number of methoxy groups -OCH3 is 1. The lowest BCUT2D eigenvalue weighted by molar-refractivity contribution is -0.121. The highest BCUT2D eigenvalue weighted by Gasteiger charge is 2.31. The van der Waals surface area contributed by atoms with E-state index >= 15 is 0 Å². The van der Waals surface area contributed by atoms with E-state index in [2.05, 4.69) is 36.2 Å². The van der Waals surface area contributed by atoms with Gasteiger partial charge in [-0.05, 0) is 33.3 Å². The lowest BCUT2D eigenvalue weighted by Crippen LogP contribution is -2.45. The number of allylic oxidation sites excluding steroid dienone is 2. The first kappa shape index (κ1) is 33.2. The summed E-state index contributed by atoms with van der Waals surface area (Å²) in [6.07, 6.45) is 3.79. The van der Waals surface area contributed by atoms with E-state index in [1.165, 1.54) is 17.8 Å². The minimum Gasteiger partial charge on any atom is -0.382 e. The quantitative estimate of drug-likeness (QED) is 0.0648. The molecule has 0 aromatic carbocycles. The van der Waals surface area contributed by atoms with Gasteiger partial charge in [0, 0.05) is 43.4 Å². The molecule has 34 heavy (non-hydrogen) atoms. The third-order valence-corrected chi connectivity index (χ3v) is 8.88. The summed E-state index contributed by atoms with van der Waals surface area (Å²) in [6.45, 7) is 14.0. The molecule has 0 bridgehead atoms. The number of hydrazine groups is 1. The smallest absolute Gasteiger partial charge is 0.277 e. The number of rotatable bonds is 21. The standard InChI is InChI=1S/C21H41N3O7S3/c1-7-18(8-2)24(10-11-30-14-15-31-13-12-29-6)17-21(3,4)33-32-16-9-19(34(26,27)28)20(25)23-22-5/h7-8,19,22H,1,9-17H2,2-6H3,(H,23,25)(H,26,27,28)/b18-8+. The molecule has 1 unspecified atom stereocenters. The normalized spacial score (nSPS) is 13.5. The first-order valence-electron chi connectivity index (χ1n) is 10.9. The highest BCUT2D eigenvalue weighted by atomic mass is 33.1. The molecule has 0 heterocycles. The van der Waals surface area contributed by atoms with Gasteiger partial charge >= 0.3 is 0 Å². The number of carbonyl (C=O) groups is 1. The zero-order valence-electron chi connectivity index (χ0n) is 20.9. The highest BCUT2D eigenvalue weighted by molar-refractivity contribution is 8.77. The summed E-state index contributed by atoms with van der Waals surface area (Å²) < 4.78 is 48.3. The van der Waals surface area contributed by atoms with Gasteiger partial charge in [-0.1, -0.05) is 34.2 Å². The number of hydrogen-bond acceptors (Lipinski definition) is 10. The van der Waals surface area contributed by atoms with E-state index in [0.717, 1.165) is 5.70 Å². The maximum absolute atomic E-state index is 11.9. The number of ether oxygens (including phenoxy) is 3. The summed E-state index contributed by atoms with van der Waals surface area (Å²) >= 11 is 0. The van der Waals surface area contributed by atoms with Crippen LogP contribution in [0.3, 0.4) is 0 Å². The lowest BCUT2D eigenvalue weighted by Gasteiger charge is -2.34. The molecule has 0 aliphatic heterocycles. The minimum atomic E-state index is -4.49. The lowest BCUT2D eigenvalue weighted by atomic mass is 10.1. The summed E-state index contributed by atoms with van der Waals surface area (Å²) in [5, 5.41) is -1.52. The predicted molar refractivity (Wildman–Crippen MR) is 140 cm³/mol. The third-order valence-electron chi connectivity index (χ3n) is 4.40. The zero-order valence-corrected chi connectivity index (χ0v) is 23.3. The molecule has 0 aromatic heterocycles. The van der Waals surface area contributed by atoms with E-state index in [1.807, 2.05) is 13.0 Å². The SMILES string of the molecule is C=C/C(=C\C)N(CCOCCOCCOC)CC(C)(C)SSCCC(C(=O)NNC)S(=O)(=O)O. The van der Waals surface area contributed by atoms with Gasteiger partial charge in [0.1, 0.15) is 0 Å². The van der Waals surface area contributed by atoms with Crippen LogP contribution in [0.15, 0.2) is 24.4 Å². The average molecular weight is 544 g/mol. The van der Waals surface area contributed by atoms with E-state index in [1.54, 1.807) is 24.0 Å². The van der Waals surface area contributed by atoms with Crippen molar-refractivity contribution in [2.45, 2.75) is 37.2 Å². The van der Waals surface area contributed by atoms with Crippen molar-refractivity contribution in [3.63, 3.8) is 0 Å². The van der Waals surface area contributed by atoms with Crippen LogP contribution in [-0.2, 0) is 29.1 Å². The molecule has 0 aliphatic carbocycles. The Labute approximate surface area is 212 Å². The molecule has 0 aliphatic rings. The summed E-state index contributed by atoms with van der Waals surface area (Å²) in [6, 6.07) is 0. The first-order valence-corrected chi connectivity index (χ1v) is 14.8. The van der Waals surface area contributed by atoms with Crippen molar-refractivity contribution < 1.29 is 32.0 Å². The van der Waals surface area contributed by atoms with Crippen molar-refractivity contribution in [1.29, 1.82) is 0 Å². The Kier molecular flexibility index (Phi) is 18.0. The zero-order chi connectivity index (χ0) is 26.0. The number of amides is 1. The van der Waals surface area contributed by atoms with Gasteiger partial charge < -0.3 is 19.1 Å². The molecule has 200 valence electrons. The molecule has 3 N–H and O–H groups in total. The van der Waals surface area contributed by atoms with Gasteiger partial charge in [0.25, 0.3) is 16.0 Å². The van der Waals surface area contributed by atoms with Gasteiger partial charge in [0.05, 0.1) is 33.0 Å². The first-order chi connectivity index (χ1) is 16.0. The second kappa shape index (κ2) is 18.5. The Morgan fingerprint density at radius 2 is 1.82 bits per heavy atom. The summed E-state index contributed by atoms with van der Waals surface area (Å²) in [7, 11) is 1.64. The van der Waals surface area contributed by atoms with Crippen LogP contribution in [0, 0.1) is 0 Å². The molecule has 0 spiro atoms. The van der Waals surface area contributed by atoms with E-state index in [0.29, 0.717) is 51.9 Å². The van der Waals surface area contributed by atoms with Crippen LogP contribution in [-0.4, -0.2) is 99.8 Å². The molecule has 0 rings (SSSR count). The number of hydrogen-bond donors (Lipinski definition) is 3. The van der Waals surface area contributed by atoms with Gasteiger partial charge in [-0.15, -0.1) is 0 Å². The van der Waals surface area contributed by atoms with E-state index < -0.39 is 21.3 Å². The summed E-state index contributed by atoms with van der Waals surface area (Å²) in [5.74, 6) is -0.409. The van der Waals surface area contributed by atoms with Gasteiger partial charge in [-0.3, -0.25) is 14.8 Å². The number of nitrogens with zero attached hydrogens (tertiary/aromatic N) is 1. The van der Waals surface area contributed by atoms with E-state index in [9.17, 15) is 17.8 Å². The second-order valence-electron chi connectivity index (χ2n) is 7.75. The Balaban J connectivity index is 4.69. The maximum atomic E-state index is 11.9. The fourth-order valence-electron chi connectivity index (χ4n) is 2.83. The van der Waals surface area contributed by atoms with Gasteiger partial charge in [-0.2, -0.15) is 8.42 Å². The molecular formula is C21H41N3O7S3. The fourth-order valence-corrected chi connectivity index (χ4v) is 6.32. The van der Waals surface area contributed by atoms with Crippen molar-refractivity contribution in [3.05, 3.63) is 24.4 Å². The Bertz CT molecular complexity index is 718. The monoisotopic (exact) mass is 543 g/mol. The van der Waals surface area contributed by atoms with Gasteiger partial charge in [0.2, 0.25) is 0 Å². The Hall–Kier alpha value is -0.800. The van der Waals surface area contributed by atoms with Crippen LogP contribution < -0.4 is 10.9 Å². The number of nitrogens with one attached hydrogen (secondary N) is 2. The molecule has 0 fully saturated rings. The van der Waals surface area contributed by atoms with Crippen LogP contribution in [0.4, 0.5) is 0 Å². The van der Waals surface area contributed by atoms with Crippen molar-refractivity contribution in [2.24, 2.45) is 0 Å². The van der Waals surface area contributed by atoms with Crippen molar-refractivity contribution in [1.82, 2.24) is 15.8 Å². The van der Waals surface area contributed by atoms with Gasteiger partial charge in [-0.25, -0.2) is 5.43 Å². The molecule has 1 atom stereocenters. The molecule has 0 saturated heterocycles. The van der Waals surface area contributed by atoms with E-state index in [4.69, 9.17) is 14.2 Å². The van der Waals surface area contributed by atoms with Crippen LogP contribution in [0.1, 0.15) is 27.2 Å². The van der Waals surface area contributed by atoms with Crippen molar-refractivity contribution in [3.8, 4) is 0 Å². The molecule has 1 amide bonds. The Morgan fingerprint density at radius 3 is 2.35 bits per heavy atom. The van der Waals surface area contributed by atoms with Crippen LogP contribution in [0.2, 0.25) is 0 Å². The summed E-state index contributed by atoms with van der Waals surface area (Å²) in [4.78, 5) is 14.1. The molecule has 0 saturated carbocycles. The maximum Gasteiger partial charge on any atom is 0.277 e. The van der Waals surface area contributed by atoms with Gasteiger partial charge in [0.15, 0.2) is 5.25 Å². The van der Waals surface area contributed by atoms with Crippen LogP contribution in [0.25, 0.3) is 0 Å². The molecule has 13 heteroatoms.